The van der Waals surface area contributed by atoms with E-state index in [1.807, 2.05) is 0 Å². The number of anilines is 3. The molecule has 51 heavy (non-hydrogen) atoms. The van der Waals surface area contributed by atoms with Gasteiger partial charge in [-0.2, -0.15) is 0 Å². The number of fused-ring (bicyclic) bond motifs is 3. The van der Waals surface area contributed by atoms with Crippen LogP contribution in [-0.2, 0) is 0 Å². The number of hydrogen-bond donors (Lipinski definition) is 0. The van der Waals surface area contributed by atoms with E-state index in [1.54, 1.807) is 0 Å². The third-order valence-electron chi connectivity index (χ3n) is 9.82. The summed E-state index contributed by atoms with van der Waals surface area (Å²) in [5.74, 6) is 0. The average molecular weight is 650 g/mol. The molecule has 240 valence electrons. The molecule has 0 amide bonds. The molecule has 1 heteroatoms. The van der Waals surface area contributed by atoms with E-state index in [-0.39, 0.29) is 0 Å². The molecule has 0 aliphatic carbocycles. The summed E-state index contributed by atoms with van der Waals surface area (Å²) in [5, 5.41) is 4.93. The molecule has 9 rings (SSSR count). The highest BCUT2D eigenvalue weighted by Gasteiger charge is 2.24. The molecule has 0 N–H and O–H groups in total. The second kappa shape index (κ2) is 13.3. The van der Waals surface area contributed by atoms with E-state index in [0.29, 0.717) is 0 Å². The highest BCUT2D eigenvalue weighted by atomic mass is 15.1. The Kier molecular flexibility index (Phi) is 7.92. The van der Waals surface area contributed by atoms with Crippen molar-refractivity contribution in [2.75, 3.05) is 4.90 Å². The van der Waals surface area contributed by atoms with E-state index >= 15 is 0 Å². The van der Waals surface area contributed by atoms with Crippen molar-refractivity contribution < 1.29 is 0 Å². The smallest absolute Gasteiger partial charge is 0.0546 e. The van der Waals surface area contributed by atoms with E-state index in [0.717, 1.165) is 17.1 Å². The molecule has 0 heterocycles. The highest BCUT2D eigenvalue weighted by molar-refractivity contribution is 6.25. The van der Waals surface area contributed by atoms with Crippen LogP contribution in [0.25, 0.3) is 66.1 Å². The van der Waals surface area contributed by atoms with Crippen LogP contribution in [0.5, 0.6) is 0 Å². The van der Waals surface area contributed by atoms with Gasteiger partial charge in [0.1, 0.15) is 0 Å². The van der Waals surface area contributed by atoms with Crippen LogP contribution in [0.3, 0.4) is 0 Å². The molecule has 0 saturated carbocycles. The van der Waals surface area contributed by atoms with Crippen LogP contribution < -0.4 is 4.90 Å². The number of benzene rings is 9. The van der Waals surface area contributed by atoms with Crippen LogP contribution in [0, 0.1) is 0 Å². The standard InChI is InChI=1S/C50H35N/c1-5-18-36(19-6-1)40-26-15-28-42(34-40)51(43-29-16-27-41(35-43)37-20-7-2-8-21-37)47-33-17-32-46-44-30-13-14-31-45(44)48(38-22-9-3-10-23-38)49(50(46)47)39-24-11-4-12-25-39/h1-35H. The fourth-order valence-corrected chi connectivity index (χ4v) is 7.55. The topological polar surface area (TPSA) is 3.24 Å². The largest absolute Gasteiger partial charge is 0.310 e. The first kappa shape index (κ1) is 30.4. The molecule has 0 fully saturated rings. The summed E-state index contributed by atoms with van der Waals surface area (Å²) in [4.78, 5) is 2.46. The quantitative estimate of drug-likeness (QED) is 0.155. The molecule has 0 unspecified atom stereocenters. The Labute approximate surface area is 299 Å². The van der Waals surface area contributed by atoms with Crippen molar-refractivity contribution in [2.45, 2.75) is 0 Å². The Hall–Kier alpha value is -6.70. The predicted octanol–water partition coefficient (Wildman–Crippen LogP) is 14.1. The van der Waals surface area contributed by atoms with Crippen LogP contribution >= 0.6 is 0 Å². The summed E-state index contributed by atoms with van der Waals surface area (Å²) in [6.45, 7) is 0. The van der Waals surface area contributed by atoms with E-state index in [4.69, 9.17) is 0 Å². The molecule has 0 spiro atoms. The maximum Gasteiger partial charge on any atom is 0.0546 e. The first-order chi connectivity index (χ1) is 25.3. The maximum absolute atomic E-state index is 2.46. The summed E-state index contributed by atoms with van der Waals surface area (Å²) in [5.41, 5.74) is 12.9. The molecule has 0 bridgehead atoms. The van der Waals surface area contributed by atoms with Crippen molar-refractivity contribution in [1.29, 1.82) is 0 Å². The Bertz CT molecular complexity index is 2530. The van der Waals surface area contributed by atoms with Gasteiger partial charge >= 0.3 is 0 Å². The summed E-state index contributed by atoms with van der Waals surface area (Å²) >= 11 is 0. The molecular formula is C50H35N. The van der Waals surface area contributed by atoms with Crippen molar-refractivity contribution >= 4 is 38.6 Å². The highest BCUT2D eigenvalue weighted by Crippen LogP contribution is 2.50. The number of nitrogens with zero attached hydrogens (tertiary/aromatic N) is 1. The summed E-state index contributed by atoms with van der Waals surface area (Å²) in [7, 11) is 0. The van der Waals surface area contributed by atoms with Gasteiger partial charge in [0.05, 0.1) is 5.69 Å². The van der Waals surface area contributed by atoms with E-state index in [2.05, 4.69) is 217 Å². The van der Waals surface area contributed by atoms with E-state index in [1.165, 1.54) is 66.1 Å². The summed E-state index contributed by atoms with van der Waals surface area (Å²) in [6.07, 6.45) is 0. The van der Waals surface area contributed by atoms with Gasteiger partial charge in [-0.15, -0.1) is 0 Å². The monoisotopic (exact) mass is 649 g/mol. The Balaban J connectivity index is 1.41. The third kappa shape index (κ3) is 5.65. The lowest BCUT2D eigenvalue weighted by molar-refractivity contribution is 1.30. The van der Waals surface area contributed by atoms with Crippen molar-refractivity contribution in [3.8, 4) is 44.5 Å². The van der Waals surface area contributed by atoms with Crippen molar-refractivity contribution in [3.63, 3.8) is 0 Å². The zero-order valence-corrected chi connectivity index (χ0v) is 28.2. The van der Waals surface area contributed by atoms with Gasteiger partial charge in [-0.25, -0.2) is 0 Å². The molecule has 9 aromatic carbocycles. The lowest BCUT2D eigenvalue weighted by atomic mass is 9.84. The van der Waals surface area contributed by atoms with Gasteiger partial charge in [-0.3, -0.25) is 0 Å². The van der Waals surface area contributed by atoms with Gasteiger partial charge in [0.2, 0.25) is 0 Å². The van der Waals surface area contributed by atoms with Crippen LogP contribution in [0.1, 0.15) is 0 Å². The first-order valence-electron chi connectivity index (χ1n) is 17.5. The van der Waals surface area contributed by atoms with Crippen LogP contribution in [0.2, 0.25) is 0 Å². The van der Waals surface area contributed by atoms with Crippen LogP contribution in [-0.4, -0.2) is 0 Å². The fourth-order valence-electron chi connectivity index (χ4n) is 7.55. The van der Waals surface area contributed by atoms with Crippen LogP contribution in [0.4, 0.5) is 17.1 Å². The molecule has 0 saturated heterocycles. The molecule has 0 radical (unpaired) electrons. The van der Waals surface area contributed by atoms with Gasteiger partial charge in [-0.05, 0) is 85.4 Å². The Morgan fingerprint density at radius 1 is 0.255 bits per heavy atom. The second-order valence-corrected chi connectivity index (χ2v) is 12.9. The van der Waals surface area contributed by atoms with Gasteiger partial charge in [0.15, 0.2) is 0 Å². The second-order valence-electron chi connectivity index (χ2n) is 12.9. The molecule has 1 nitrogen and oxygen atoms in total. The summed E-state index contributed by atoms with van der Waals surface area (Å²) in [6, 6.07) is 76.7. The Morgan fingerprint density at radius 3 is 1.18 bits per heavy atom. The van der Waals surface area contributed by atoms with Gasteiger partial charge in [0, 0.05) is 22.3 Å². The maximum atomic E-state index is 2.46. The molecule has 0 aliphatic rings. The lowest BCUT2D eigenvalue weighted by Gasteiger charge is -2.30. The number of hydrogen-bond acceptors (Lipinski definition) is 1. The first-order valence-corrected chi connectivity index (χ1v) is 17.5. The van der Waals surface area contributed by atoms with Gasteiger partial charge < -0.3 is 4.90 Å². The third-order valence-corrected chi connectivity index (χ3v) is 9.82. The molecule has 0 aromatic heterocycles. The minimum atomic E-state index is 1.10. The predicted molar refractivity (Wildman–Crippen MR) is 218 cm³/mol. The number of rotatable bonds is 7. The van der Waals surface area contributed by atoms with Crippen molar-refractivity contribution in [3.05, 3.63) is 212 Å². The van der Waals surface area contributed by atoms with Crippen molar-refractivity contribution in [2.24, 2.45) is 0 Å². The minimum Gasteiger partial charge on any atom is -0.310 e. The van der Waals surface area contributed by atoms with E-state index < -0.39 is 0 Å². The van der Waals surface area contributed by atoms with Gasteiger partial charge in [-0.1, -0.05) is 182 Å². The SMILES string of the molecule is c1ccc(-c2cccc(N(c3cccc(-c4ccccc4)c3)c3cccc4c3c(-c3ccccc3)c(-c3ccccc3)c3ccccc34)c2)cc1. The molecule has 9 aromatic rings. The minimum absolute atomic E-state index is 1.10. The molecule has 0 aliphatic heterocycles. The molecular weight excluding hydrogens is 615 g/mol. The lowest BCUT2D eigenvalue weighted by Crippen LogP contribution is -2.11. The fraction of sp³-hybridized carbons (Fsp3) is 0. The van der Waals surface area contributed by atoms with E-state index in [9.17, 15) is 0 Å². The zero-order valence-electron chi connectivity index (χ0n) is 28.2. The zero-order chi connectivity index (χ0) is 34.0. The van der Waals surface area contributed by atoms with Crippen molar-refractivity contribution in [1.82, 2.24) is 0 Å². The normalized spacial score (nSPS) is 11.1. The average Bonchev–Trinajstić information content (AvgIpc) is 3.22. The molecule has 0 atom stereocenters. The summed E-state index contributed by atoms with van der Waals surface area (Å²) < 4.78 is 0. The van der Waals surface area contributed by atoms with Crippen LogP contribution in [0.15, 0.2) is 212 Å². The Morgan fingerprint density at radius 2 is 0.647 bits per heavy atom. The van der Waals surface area contributed by atoms with Gasteiger partial charge in [0.25, 0.3) is 0 Å².